The van der Waals surface area contributed by atoms with E-state index in [0.717, 1.165) is 0 Å². The molecule has 0 saturated carbocycles. The first-order valence-corrected chi connectivity index (χ1v) is 6.70. The highest BCUT2D eigenvalue weighted by molar-refractivity contribution is 7.07. The summed E-state index contributed by atoms with van der Waals surface area (Å²) in [5.41, 5.74) is 2.00. The smallest absolute Gasteiger partial charge is 0.569 e. The summed E-state index contributed by atoms with van der Waals surface area (Å²) >= 11 is 1.63. The Kier molecular flexibility index (Phi) is 7.08. The Labute approximate surface area is 106 Å². The third kappa shape index (κ3) is 3.55. The van der Waals surface area contributed by atoms with Crippen molar-refractivity contribution in [1.82, 2.24) is 0 Å². The van der Waals surface area contributed by atoms with Crippen LogP contribution in [0.1, 0.15) is 0 Å². The van der Waals surface area contributed by atoms with E-state index in [0.29, 0.717) is 6.17 Å². The highest BCUT2D eigenvalue weighted by Gasteiger charge is 2.43. The Hall–Kier alpha value is 0.457. The number of halogens is 1. The van der Waals surface area contributed by atoms with Crippen LogP contribution in [-0.2, 0) is 19.4 Å². The number of hydrogen-bond donors (Lipinski definition) is 0. The van der Waals surface area contributed by atoms with E-state index in [1.165, 1.54) is 0 Å². The summed E-state index contributed by atoms with van der Waals surface area (Å²) in [5, 5.41) is 2.00. The van der Waals surface area contributed by atoms with Crippen LogP contribution in [-0.4, -0.2) is 30.1 Å². The molecular weight excluding hydrogens is 333 g/mol. The van der Waals surface area contributed by atoms with Crippen molar-refractivity contribution >= 4 is 20.1 Å². The molecule has 0 unspecified atom stereocenters. The van der Waals surface area contributed by atoms with Gasteiger partial charge < -0.3 is 37.3 Å². The maximum Gasteiger partial charge on any atom is 0.569 e. The van der Waals surface area contributed by atoms with Gasteiger partial charge in [0, 0.05) is 21.3 Å². The van der Waals surface area contributed by atoms with E-state index in [-0.39, 0.29) is 24.0 Å². The minimum Gasteiger partial charge on any atom is -1.00 e. The molecule has 1 rings (SSSR count). The van der Waals surface area contributed by atoms with Crippen LogP contribution < -0.4 is 28.5 Å². The van der Waals surface area contributed by atoms with E-state index in [9.17, 15) is 0 Å². The maximum absolute atomic E-state index is 5.29. The van der Waals surface area contributed by atoms with E-state index in [4.69, 9.17) is 13.3 Å². The minimum absolute atomic E-state index is 0. The second-order valence-corrected chi connectivity index (χ2v) is 6.16. The van der Waals surface area contributed by atoms with Crippen LogP contribution in [0.2, 0.25) is 0 Å². The molecule has 0 radical (unpaired) electrons. The lowest BCUT2D eigenvalue weighted by Crippen LogP contribution is -3.00. The normalized spacial score (nSPS) is 11.1. The summed E-state index contributed by atoms with van der Waals surface area (Å²) in [7, 11) is 2.40. The van der Waals surface area contributed by atoms with E-state index >= 15 is 0 Å². The van der Waals surface area contributed by atoms with Gasteiger partial charge in [-0.2, -0.15) is 4.57 Å². The molecular formula is C7H14INO3SSi. The molecule has 1 heterocycles. The fourth-order valence-corrected chi connectivity index (χ4v) is 3.28. The molecule has 0 aromatic carbocycles. The standard InChI is InChI=1S/C7H14NO3SSi.HI/c1-9-13(10-2,11-3)7-8-4-5-12-6-8;/h4-6H,7H2,1-3H3;1H/q+1;/p-1. The topological polar surface area (TPSA) is 31.6 Å². The van der Waals surface area contributed by atoms with Crippen LogP contribution >= 0.6 is 11.3 Å². The van der Waals surface area contributed by atoms with E-state index < -0.39 is 8.80 Å². The van der Waals surface area contributed by atoms with Gasteiger partial charge in [0.25, 0.3) is 0 Å². The molecule has 0 atom stereocenters. The molecule has 82 valence electrons. The van der Waals surface area contributed by atoms with Gasteiger partial charge in [-0.3, -0.25) is 0 Å². The zero-order chi connectivity index (χ0) is 9.73. The summed E-state index contributed by atoms with van der Waals surface area (Å²) in [4.78, 5) is 0. The van der Waals surface area contributed by atoms with Gasteiger partial charge in [-0.15, -0.1) is 0 Å². The molecule has 0 aliphatic heterocycles. The molecule has 0 spiro atoms. The largest absolute Gasteiger partial charge is 1.00 e. The first kappa shape index (κ1) is 14.5. The third-order valence-electron chi connectivity index (χ3n) is 1.84. The molecule has 14 heavy (non-hydrogen) atoms. The van der Waals surface area contributed by atoms with Gasteiger partial charge in [0.1, 0.15) is 0 Å². The number of thiazole rings is 1. The predicted molar refractivity (Wildman–Crippen MR) is 51.3 cm³/mol. The molecule has 4 nitrogen and oxygen atoms in total. The summed E-state index contributed by atoms with van der Waals surface area (Å²) in [5.74, 6) is 0. The monoisotopic (exact) mass is 347 g/mol. The number of rotatable bonds is 5. The summed E-state index contributed by atoms with van der Waals surface area (Å²) in [6, 6.07) is 0. The van der Waals surface area contributed by atoms with Crippen molar-refractivity contribution in [3.8, 4) is 0 Å². The van der Waals surface area contributed by atoms with Crippen LogP contribution in [0.15, 0.2) is 17.1 Å². The van der Waals surface area contributed by atoms with Crippen molar-refractivity contribution in [2.24, 2.45) is 0 Å². The van der Waals surface area contributed by atoms with Gasteiger partial charge in [-0.25, -0.2) is 0 Å². The average molecular weight is 347 g/mol. The fourth-order valence-electron chi connectivity index (χ4n) is 1.02. The number of hydrogen-bond acceptors (Lipinski definition) is 4. The number of nitrogens with zero attached hydrogens (tertiary/aromatic N) is 1. The quantitative estimate of drug-likeness (QED) is 0.334. The van der Waals surface area contributed by atoms with Crippen LogP contribution in [0.3, 0.4) is 0 Å². The van der Waals surface area contributed by atoms with Gasteiger partial charge >= 0.3 is 8.80 Å². The summed E-state index contributed by atoms with van der Waals surface area (Å²) in [6.45, 7) is 0. The molecule has 0 saturated heterocycles. The van der Waals surface area contributed by atoms with Crippen LogP contribution in [0, 0.1) is 0 Å². The van der Waals surface area contributed by atoms with Crippen molar-refractivity contribution in [2.75, 3.05) is 21.3 Å². The van der Waals surface area contributed by atoms with Crippen molar-refractivity contribution in [3.05, 3.63) is 17.1 Å². The third-order valence-corrected chi connectivity index (χ3v) is 5.13. The highest BCUT2D eigenvalue weighted by atomic mass is 127. The Morgan fingerprint density at radius 2 is 1.79 bits per heavy atom. The highest BCUT2D eigenvalue weighted by Crippen LogP contribution is 2.05. The van der Waals surface area contributed by atoms with Gasteiger partial charge in [0.05, 0.1) is 5.38 Å². The SMILES string of the molecule is CO[Si](C[n+]1ccsc1)(OC)OC.[I-]. The summed E-state index contributed by atoms with van der Waals surface area (Å²) < 4.78 is 17.9. The van der Waals surface area contributed by atoms with Crippen molar-refractivity contribution in [3.63, 3.8) is 0 Å². The average Bonchev–Trinajstić information content (AvgIpc) is 2.67. The van der Waals surface area contributed by atoms with Crippen LogP contribution in [0.4, 0.5) is 0 Å². The maximum atomic E-state index is 5.29. The second kappa shape index (κ2) is 6.85. The lowest BCUT2D eigenvalue weighted by atomic mass is 10.9. The predicted octanol–water partition coefficient (Wildman–Crippen LogP) is -2.54. The molecule has 0 fully saturated rings. The molecule has 0 N–H and O–H groups in total. The van der Waals surface area contributed by atoms with Crippen molar-refractivity contribution in [1.29, 1.82) is 0 Å². The molecule has 0 amide bonds. The van der Waals surface area contributed by atoms with Crippen molar-refractivity contribution in [2.45, 2.75) is 6.17 Å². The second-order valence-electron chi connectivity index (χ2n) is 2.49. The Bertz CT molecular complexity index is 235. The molecule has 0 aliphatic rings. The van der Waals surface area contributed by atoms with Crippen molar-refractivity contribution < 1.29 is 41.8 Å². The number of aromatic nitrogens is 1. The Morgan fingerprint density at radius 3 is 2.14 bits per heavy atom. The van der Waals surface area contributed by atoms with E-state index in [2.05, 4.69) is 0 Å². The lowest BCUT2D eigenvalue weighted by molar-refractivity contribution is -0.680. The Morgan fingerprint density at radius 1 is 1.21 bits per heavy atom. The zero-order valence-electron chi connectivity index (χ0n) is 8.40. The zero-order valence-corrected chi connectivity index (χ0v) is 12.4. The van der Waals surface area contributed by atoms with Crippen LogP contribution in [0.25, 0.3) is 0 Å². The van der Waals surface area contributed by atoms with E-state index in [1.807, 2.05) is 21.7 Å². The van der Waals surface area contributed by atoms with E-state index in [1.54, 1.807) is 32.7 Å². The first-order valence-electron chi connectivity index (χ1n) is 3.83. The van der Waals surface area contributed by atoms with Gasteiger partial charge in [-0.05, 0) is 0 Å². The first-order chi connectivity index (χ1) is 6.26. The van der Waals surface area contributed by atoms with Gasteiger partial charge in [0.2, 0.25) is 11.7 Å². The fraction of sp³-hybridized carbons (Fsp3) is 0.571. The molecule has 7 heteroatoms. The molecule has 0 aliphatic carbocycles. The minimum atomic E-state index is -2.45. The molecule has 1 aromatic rings. The molecule has 0 bridgehead atoms. The van der Waals surface area contributed by atoms with Crippen LogP contribution in [0.5, 0.6) is 0 Å². The van der Waals surface area contributed by atoms with Gasteiger partial charge in [0.15, 0.2) is 6.20 Å². The summed E-state index contributed by atoms with van der Waals surface area (Å²) in [6.07, 6.45) is 2.63. The lowest BCUT2D eigenvalue weighted by Gasteiger charge is -2.20. The Balaban J connectivity index is 0.00000169. The van der Waals surface area contributed by atoms with Gasteiger partial charge in [-0.1, -0.05) is 11.3 Å². The molecule has 1 aromatic heterocycles.